The van der Waals surface area contributed by atoms with Crippen molar-refractivity contribution in [2.75, 3.05) is 25.1 Å². The number of benzene rings is 2. The van der Waals surface area contributed by atoms with E-state index >= 15 is 0 Å². The Labute approximate surface area is 335 Å². The van der Waals surface area contributed by atoms with E-state index in [-0.39, 0.29) is 106 Å². The van der Waals surface area contributed by atoms with Gasteiger partial charge in [-0.25, -0.2) is 36.8 Å². The van der Waals surface area contributed by atoms with Gasteiger partial charge in [-0.3, -0.25) is 4.79 Å². The van der Waals surface area contributed by atoms with Crippen molar-refractivity contribution < 1.29 is 56.8 Å². The number of pyridine rings is 2. The second kappa shape index (κ2) is 17.5. The zero-order valence-electron chi connectivity index (χ0n) is 30.5. The molecular formula is C35H30F6N6O7S4. The smallest absolute Gasteiger partial charge is 0.435 e. The second-order valence-electron chi connectivity index (χ2n) is 11.8. The van der Waals surface area contributed by atoms with E-state index in [4.69, 9.17) is 8.83 Å². The number of aldehydes is 1. The van der Waals surface area contributed by atoms with Crippen LogP contribution in [0.15, 0.2) is 94.4 Å². The number of carbonyl (C=O) groups excluding carboxylic acids is 1. The van der Waals surface area contributed by atoms with Crippen LogP contribution in [0.1, 0.15) is 36.7 Å². The lowest BCUT2D eigenvalue weighted by atomic mass is 10.2. The third kappa shape index (κ3) is 10.9. The summed E-state index contributed by atoms with van der Waals surface area (Å²) in [4.78, 5) is 26.9. The quantitative estimate of drug-likeness (QED) is 0.0375. The molecule has 0 saturated carbocycles. The molecule has 0 fully saturated rings. The Morgan fingerprint density at radius 3 is 1.53 bits per heavy atom. The third-order valence-corrected chi connectivity index (χ3v) is 12.7. The lowest BCUT2D eigenvalue weighted by molar-refractivity contribution is -0.0337. The maximum atomic E-state index is 12.7. The van der Waals surface area contributed by atoms with Crippen molar-refractivity contribution in [3.8, 4) is 23.2 Å². The van der Waals surface area contributed by atoms with E-state index in [1.165, 1.54) is 68.7 Å². The average Bonchev–Trinajstić information content (AvgIpc) is 3.79. The lowest BCUT2D eigenvalue weighted by Gasteiger charge is -2.09. The van der Waals surface area contributed by atoms with Gasteiger partial charge in [0.1, 0.15) is 22.4 Å². The van der Waals surface area contributed by atoms with Crippen molar-refractivity contribution in [3.05, 3.63) is 72.1 Å². The van der Waals surface area contributed by atoms with E-state index in [9.17, 15) is 48.0 Å². The molecule has 0 N–H and O–H groups in total. The van der Waals surface area contributed by atoms with Crippen LogP contribution in [0.2, 0.25) is 0 Å². The van der Waals surface area contributed by atoms with Crippen molar-refractivity contribution in [2.45, 2.75) is 51.4 Å². The Morgan fingerprint density at radius 1 is 0.707 bits per heavy atom. The van der Waals surface area contributed by atoms with Crippen molar-refractivity contribution in [3.63, 3.8) is 0 Å². The zero-order chi connectivity index (χ0) is 42.6. The zero-order valence-corrected chi connectivity index (χ0v) is 33.8. The van der Waals surface area contributed by atoms with Gasteiger partial charge < -0.3 is 13.8 Å². The molecule has 0 bridgehead atoms. The van der Waals surface area contributed by atoms with Crippen LogP contribution >= 0.6 is 23.5 Å². The summed E-state index contributed by atoms with van der Waals surface area (Å²) in [6, 6.07) is 10.2. The predicted molar refractivity (Wildman–Crippen MR) is 205 cm³/mol. The lowest BCUT2D eigenvalue weighted by Crippen LogP contribution is -2.10. The van der Waals surface area contributed by atoms with Crippen LogP contribution in [0.3, 0.4) is 0 Å². The van der Waals surface area contributed by atoms with Crippen molar-refractivity contribution in [1.29, 1.82) is 0 Å². The average molecular weight is 889 g/mol. The van der Waals surface area contributed by atoms with Gasteiger partial charge in [0.05, 0.1) is 27.5 Å². The maximum Gasteiger partial charge on any atom is 0.446 e. The normalized spacial score (nSPS) is 12.6. The Kier molecular flexibility index (Phi) is 13.3. The Morgan fingerprint density at radius 2 is 1.14 bits per heavy atom. The number of oxazole rings is 2. The van der Waals surface area contributed by atoms with Gasteiger partial charge in [-0.05, 0) is 79.0 Å². The fourth-order valence-electron chi connectivity index (χ4n) is 4.82. The number of sulfone groups is 2. The first kappa shape index (κ1) is 44.1. The van der Waals surface area contributed by atoms with Crippen LogP contribution in [0.25, 0.3) is 45.4 Å². The molecule has 0 unspecified atom stereocenters. The minimum absolute atomic E-state index is 0.0101. The minimum Gasteiger partial charge on any atom is -0.435 e. The van der Waals surface area contributed by atoms with Gasteiger partial charge in [0.2, 0.25) is 11.8 Å². The standard InChI is InChI=1S/C19H19F3N4O3S2.C16H11F3N2O4S2/c1-4-26(3)24-11-12-8-16(31(27,28)5-2)17(23-10-12)18-25-14-9-13(30-19(20,21)22)6-7-15(14)29-18;1-2-27(23,24)13-5-9(8-22)7-20-14(13)15-21-11-6-10(26-16(17,18)19)3-4-12(11)25-15/h6-11H,4-5H2,1-3H3;3-8H,2H2,1H3/b24-11+;. The summed E-state index contributed by atoms with van der Waals surface area (Å²) >= 11 is -0.564. The number of hydrogen-bond acceptors (Lipinski definition) is 15. The number of rotatable bonds is 12. The van der Waals surface area contributed by atoms with Gasteiger partial charge in [0.15, 0.2) is 37.1 Å². The Hall–Kier alpha value is -5.00. The van der Waals surface area contributed by atoms with Crippen molar-refractivity contribution in [1.82, 2.24) is 24.9 Å². The molecule has 6 rings (SSSR count). The molecule has 0 radical (unpaired) electrons. The van der Waals surface area contributed by atoms with Crippen LogP contribution in [-0.4, -0.2) is 90.4 Å². The first-order valence-corrected chi connectivity index (χ1v) is 21.6. The van der Waals surface area contributed by atoms with E-state index in [1.54, 1.807) is 12.1 Å². The number of alkyl halides is 6. The monoisotopic (exact) mass is 888 g/mol. The van der Waals surface area contributed by atoms with E-state index in [2.05, 4.69) is 25.0 Å². The number of fused-ring (bicyclic) bond motifs is 2. The highest BCUT2D eigenvalue weighted by Gasteiger charge is 2.31. The van der Waals surface area contributed by atoms with Crippen molar-refractivity contribution in [2.24, 2.45) is 5.10 Å². The molecule has 4 heterocycles. The molecule has 0 aliphatic heterocycles. The number of thioether (sulfide) groups is 2. The van der Waals surface area contributed by atoms with Gasteiger partial charge in [0, 0.05) is 46.9 Å². The fourth-order valence-corrected chi connectivity index (χ4v) is 8.09. The molecule has 308 valence electrons. The van der Waals surface area contributed by atoms with Crippen molar-refractivity contribution >= 4 is 77.9 Å². The molecule has 2 aromatic carbocycles. The Bertz CT molecular complexity index is 2720. The minimum atomic E-state index is -4.45. The molecule has 0 aliphatic rings. The van der Waals surface area contributed by atoms with Gasteiger partial charge in [-0.1, -0.05) is 13.8 Å². The van der Waals surface area contributed by atoms with E-state index in [1.807, 2.05) is 6.92 Å². The van der Waals surface area contributed by atoms with Gasteiger partial charge in [-0.15, -0.1) is 0 Å². The summed E-state index contributed by atoms with van der Waals surface area (Å²) in [5.41, 5.74) is -7.78. The number of hydrogen-bond donors (Lipinski definition) is 0. The van der Waals surface area contributed by atoms with E-state index in [0.29, 0.717) is 18.4 Å². The summed E-state index contributed by atoms with van der Waals surface area (Å²) in [7, 11) is -5.69. The molecule has 23 heteroatoms. The summed E-state index contributed by atoms with van der Waals surface area (Å²) in [5.74, 6) is -0.672. The Balaban J connectivity index is 0.000000223. The largest absolute Gasteiger partial charge is 0.446 e. The number of halogens is 6. The second-order valence-corrected chi connectivity index (χ2v) is 18.5. The van der Waals surface area contributed by atoms with Crippen LogP contribution in [0.5, 0.6) is 0 Å². The molecule has 0 aliphatic carbocycles. The molecule has 13 nitrogen and oxygen atoms in total. The predicted octanol–water partition coefficient (Wildman–Crippen LogP) is 8.69. The van der Waals surface area contributed by atoms with Gasteiger partial charge >= 0.3 is 11.0 Å². The fraction of sp³-hybridized carbons (Fsp3) is 0.257. The highest BCUT2D eigenvalue weighted by molar-refractivity contribution is 8.00. The molecule has 0 spiro atoms. The summed E-state index contributed by atoms with van der Waals surface area (Å²) in [6.45, 7) is 5.51. The molecule has 58 heavy (non-hydrogen) atoms. The van der Waals surface area contributed by atoms with Gasteiger partial charge in [-0.2, -0.15) is 31.4 Å². The number of aromatic nitrogens is 4. The van der Waals surface area contributed by atoms with Crippen LogP contribution in [-0.2, 0) is 19.7 Å². The summed E-state index contributed by atoms with van der Waals surface area (Å²) in [6.07, 6.45) is 4.54. The number of nitrogens with zero attached hydrogens (tertiary/aromatic N) is 6. The SMILES string of the molecule is CCN(C)/N=C/c1cnc(-c2nc3cc(SC(F)(F)F)ccc3o2)c(S(=O)(=O)CC)c1.CCS(=O)(=O)c1cc(C=O)cnc1-c1nc2cc(SC(F)(F)F)ccc2o1. The summed E-state index contributed by atoms with van der Waals surface area (Å²) < 4.78 is 137. The number of hydrazone groups is 1. The molecule has 6 aromatic rings. The first-order valence-electron chi connectivity index (χ1n) is 16.6. The molecule has 4 aromatic heterocycles. The van der Waals surface area contributed by atoms with Crippen LogP contribution < -0.4 is 0 Å². The van der Waals surface area contributed by atoms with E-state index in [0.717, 1.165) is 12.3 Å². The van der Waals surface area contributed by atoms with E-state index < -0.39 is 30.7 Å². The van der Waals surface area contributed by atoms with Crippen LogP contribution in [0.4, 0.5) is 26.3 Å². The van der Waals surface area contributed by atoms with Gasteiger partial charge in [0.25, 0.3) is 0 Å². The summed E-state index contributed by atoms with van der Waals surface area (Å²) in [5, 5.41) is 5.84. The molecule has 0 atom stereocenters. The molecule has 0 saturated heterocycles. The highest BCUT2D eigenvalue weighted by Crippen LogP contribution is 2.40. The number of carbonyl (C=O) groups is 1. The molecular weight excluding hydrogens is 859 g/mol. The topological polar surface area (TPSA) is 179 Å². The molecule has 0 amide bonds. The van der Waals surface area contributed by atoms with Crippen LogP contribution in [0, 0.1) is 0 Å². The third-order valence-electron chi connectivity index (χ3n) is 7.77. The maximum absolute atomic E-state index is 12.7. The first-order chi connectivity index (χ1) is 27.1. The highest BCUT2D eigenvalue weighted by atomic mass is 32.2.